The van der Waals surface area contributed by atoms with Gasteiger partial charge in [-0.2, -0.15) is 0 Å². The van der Waals surface area contributed by atoms with Crippen LogP contribution in [-0.4, -0.2) is 55.4 Å². The van der Waals surface area contributed by atoms with E-state index in [0.717, 1.165) is 26.0 Å². The summed E-state index contributed by atoms with van der Waals surface area (Å²) in [7, 11) is 1.70. The number of nitrogens with two attached hydrogens (primary N) is 1. The number of rotatable bonds is 2. The van der Waals surface area contributed by atoms with Gasteiger partial charge in [0.1, 0.15) is 5.54 Å². The van der Waals surface area contributed by atoms with E-state index in [4.69, 9.17) is 15.2 Å². The van der Waals surface area contributed by atoms with Crippen molar-refractivity contribution in [3.63, 3.8) is 0 Å². The van der Waals surface area contributed by atoms with Gasteiger partial charge in [-0.05, 0) is 12.8 Å². The molecule has 1 amide bonds. The second-order valence-electron chi connectivity index (χ2n) is 6.67. The number of hydrogen-bond acceptors (Lipinski definition) is 4. The van der Waals surface area contributed by atoms with E-state index in [1.807, 2.05) is 4.90 Å². The molecule has 3 rings (SSSR count). The number of likely N-dealkylation sites (tertiary alicyclic amines) is 1. The first kappa shape index (κ1) is 13.3. The van der Waals surface area contributed by atoms with Crippen molar-refractivity contribution in [3.05, 3.63) is 0 Å². The van der Waals surface area contributed by atoms with Crippen molar-refractivity contribution >= 4 is 5.91 Å². The highest BCUT2D eigenvalue weighted by molar-refractivity contribution is 5.90. The van der Waals surface area contributed by atoms with Crippen LogP contribution < -0.4 is 5.73 Å². The molecule has 3 fully saturated rings. The van der Waals surface area contributed by atoms with Crippen LogP contribution in [0.1, 0.15) is 26.7 Å². The minimum Gasteiger partial charge on any atom is -0.380 e. The van der Waals surface area contributed by atoms with E-state index >= 15 is 0 Å². The third-order valence-corrected chi connectivity index (χ3v) is 5.57. The van der Waals surface area contributed by atoms with Gasteiger partial charge in [0.15, 0.2) is 0 Å². The van der Waals surface area contributed by atoms with Crippen LogP contribution in [0.3, 0.4) is 0 Å². The maximum Gasteiger partial charge on any atom is 0.243 e. The lowest BCUT2D eigenvalue weighted by atomic mass is 9.47. The van der Waals surface area contributed by atoms with Gasteiger partial charge >= 0.3 is 0 Å². The molecule has 3 aliphatic rings. The van der Waals surface area contributed by atoms with Gasteiger partial charge in [0, 0.05) is 38.1 Å². The molecule has 4 atom stereocenters. The smallest absolute Gasteiger partial charge is 0.243 e. The number of carbonyl (C=O) groups excluding carboxylic acids is 1. The number of carbonyl (C=O) groups is 1. The van der Waals surface area contributed by atoms with Gasteiger partial charge in [0.2, 0.25) is 5.91 Å². The summed E-state index contributed by atoms with van der Waals surface area (Å²) in [6, 6.07) is 0. The first-order valence-corrected chi connectivity index (χ1v) is 7.15. The van der Waals surface area contributed by atoms with Crippen molar-refractivity contribution in [2.45, 2.75) is 44.4 Å². The zero-order valence-corrected chi connectivity index (χ0v) is 12.0. The normalized spacial score (nSPS) is 44.0. The fourth-order valence-corrected chi connectivity index (χ4v) is 4.19. The Morgan fingerprint density at radius 1 is 1.42 bits per heavy atom. The maximum absolute atomic E-state index is 12.9. The Hall–Kier alpha value is -0.650. The first-order valence-electron chi connectivity index (χ1n) is 7.15. The zero-order valence-electron chi connectivity index (χ0n) is 12.0. The van der Waals surface area contributed by atoms with Crippen LogP contribution >= 0.6 is 0 Å². The van der Waals surface area contributed by atoms with Gasteiger partial charge in [-0.3, -0.25) is 4.79 Å². The minimum atomic E-state index is -0.767. The van der Waals surface area contributed by atoms with Gasteiger partial charge in [-0.15, -0.1) is 0 Å². The number of amides is 1. The molecular formula is C14H24N2O3. The van der Waals surface area contributed by atoms with Crippen LogP contribution in [0.4, 0.5) is 0 Å². The summed E-state index contributed by atoms with van der Waals surface area (Å²) in [5.41, 5.74) is 5.52. The van der Waals surface area contributed by atoms with E-state index in [2.05, 4.69) is 13.8 Å². The lowest BCUT2D eigenvalue weighted by molar-refractivity contribution is -0.183. The Labute approximate surface area is 114 Å². The molecule has 2 heterocycles. The summed E-state index contributed by atoms with van der Waals surface area (Å²) < 4.78 is 11.1. The number of methoxy groups -OCH3 is 1. The fourth-order valence-electron chi connectivity index (χ4n) is 4.19. The molecule has 2 N–H and O–H groups in total. The topological polar surface area (TPSA) is 64.8 Å². The van der Waals surface area contributed by atoms with Crippen LogP contribution in [0.15, 0.2) is 0 Å². The Bertz CT molecular complexity index is 398. The second-order valence-corrected chi connectivity index (χ2v) is 6.67. The molecule has 4 unspecified atom stereocenters. The lowest BCUT2D eigenvalue weighted by Crippen LogP contribution is -2.80. The third-order valence-electron chi connectivity index (χ3n) is 5.57. The molecule has 0 aromatic carbocycles. The van der Waals surface area contributed by atoms with Gasteiger partial charge in [0.05, 0.1) is 12.2 Å². The SMILES string of the molecule is COC1CCN(C(=O)C2(N)C3CCOC3C2(C)C)C1. The van der Waals surface area contributed by atoms with Gasteiger partial charge in [0.25, 0.3) is 0 Å². The molecular weight excluding hydrogens is 244 g/mol. The van der Waals surface area contributed by atoms with E-state index in [1.165, 1.54) is 0 Å². The standard InChI is InChI=1S/C14H24N2O3/c1-13(2)11-10(5-7-19-11)14(13,15)12(17)16-6-4-9(8-16)18-3/h9-11H,4-8,15H2,1-3H3. The highest BCUT2D eigenvalue weighted by Gasteiger charge is 2.72. The molecule has 5 heteroatoms. The second kappa shape index (κ2) is 4.17. The van der Waals surface area contributed by atoms with E-state index in [0.29, 0.717) is 6.54 Å². The average molecular weight is 268 g/mol. The summed E-state index contributed by atoms with van der Waals surface area (Å²) in [5.74, 6) is 0.264. The molecule has 0 radical (unpaired) electrons. The molecule has 19 heavy (non-hydrogen) atoms. The quantitative estimate of drug-likeness (QED) is 0.786. The molecule has 0 aromatic heterocycles. The Morgan fingerprint density at radius 3 is 2.79 bits per heavy atom. The van der Waals surface area contributed by atoms with Crippen molar-refractivity contribution in [2.24, 2.45) is 17.1 Å². The molecule has 2 saturated heterocycles. The molecule has 5 nitrogen and oxygen atoms in total. The van der Waals surface area contributed by atoms with E-state index in [1.54, 1.807) is 7.11 Å². The summed E-state index contributed by atoms with van der Waals surface area (Å²) in [4.78, 5) is 14.7. The van der Waals surface area contributed by atoms with Gasteiger partial charge in [-0.25, -0.2) is 0 Å². The largest absolute Gasteiger partial charge is 0.380 e. The molecule has 0 bridgehead atoms. The van der Waals surface area contributed by atoms with Crippen LogP contribution in [0.2, 0.25) is 0 Å². The van der Waals surface area contributed by atoms with Crippen molar-refractivity contribution in [1.82, 2.24) is 4.90 Å². The predicted octanol–water partition coefficient (Wildman–Crippen LogP) is 0.376. The summed E-state index contributed by atoms with van der Waals surface area (Å²) in [6.07, 6.45) is 2.11. The molecule has 1 aliphatic carbocycles. The Kier molecular flexibility index (Phi) is 2.93. The molecule has 1 saturated carbocycles. The van der Waals surface area contributed by atoms with Crippen LogP contribution in [0, 0.1) is 11.3 Å². The van der Waals surface area contributed by atoms with Gasteiger partial charge in [-0.1, -0.05) is 13.8 Å². The number of hydrogen-bond donors (Lipinski definition) is 1. The monoisotopic (exact) mass is 268 g/mol. The zero-order chi connectivity index (χ0) is 13.8. The average Bonchev–Trinajstić information content (AvgIpc) is 3.04. The highest BCUT2D eigenvalue weighted by atomic mass is 16.5. The van der Waals surface area contributed by atoms with Crippen molar-refractivity contribution in [2.75, 3.05) is 26.8 Å². The van der Waals surface area contributed by atoms with Crippen molar-refractivity contribution in [3.8, 4) is 0 Å². The molecule has 2 aliphatic heterocycles. The third kappa shape index (κ3) is 1.55. The van der Waals surface area contributed by atoms with E-state index < -0.39 is 5.54 Å². The molecule has 0 spiro atoms. The number of ether oxygens (including phenoxy) is 2. The predicted molar refractivity (Wildman–Crippen MR) is 70.5 cm³/mol. The lowest BCUT2D eigenvalue weighted by Gasteiger charge is -2.61. The summed E-state index contributed by atoms with van der Waals surface area (Å²) in [6.45, 7) is 6.27. The molecule has 108 valence electrons. The Balaban J connectivity index is 1.79. The summed E-state index contributed by atoms with van der Waals surface area (Å²) in [5, 5.41) is 0. The fraction of sp³-hybridized carbons (Fsp3) is 0.929. The van der Waals surface area contributed by atoms with Crippen molar-refractivity contribution < 1.29 is 14.3 Å². The van der Waals surface area contributed by atoms with E-state index in [-0.39, 0.29) is 29.4 Å². The molecule has 0 aromatic rings. The number of nitrogens with zero attached hydrogens (tertiary/aromatic N) is 1. The van der Waals surface area contributed by atoms with E-state index in [9.17, 15) is 4.79 Å². The summed E-state index contributed by atoms with van der Waals surface area (Å²) >= 11 is 0. The van der Waals surface area contributed by atoms with Crippen LogP contribution in [0.25, 0.3) is 0 Å². The van der Waals surface area contributed by atoms with Crippen molar-refractivity contribution in [1.29, 1.82) is 0 Å². The highest BCUT2D eigenvalue weighted by Crippen LogP contribution is 2.58. The van der Waals surface area contributed by atoms with Gasteiger partial charge < -0.3 is 20.1 Å². The minimum absolute atomic E-state index is 0.0869. The van der Waals surface area contributed by atoms with Crippen LogP contribution in [0.5, 0.6) is 0 Å². The Morgan fingerprint density at radius 2 is 2.16 bits per heavy atom. The van der Waals surface area contributed by atoms with Crippen LogP contribution in [-0.2, 0) is 14.3 Å². The number of fused-ring (bicyclic) bond motifs is 1. The maximum atomic E-state index is 12.9. The first-order chi connectivity index (χ1) is 8.92.